The molecule has 0 aliphatic carbocycles. The Morgan fingerprint density at radius 3 is 2.65 bits per heavy atom. The van der Waals surface area contributed by atoms with Crippen LogP contribution in [0, 0.1) is 0 Å². The molecular weight excluding hydrogens is 410 g/mol. The molecule has 0 atom stereocenters. The van der Waals surface area contributed by atoms with Crippen LogP contribution in [0.25, 0.3) is 22.3 Å². The molecule has 2 aromatic carbocycles. The fraction of sp³-hybridized carbons (Fsp3) is 0.0417. The molecule has 0 unspecified atom stereocenters. The van der Waals surface area contributed by atoms with E-state index in [0.717, 1.165) is 21.8 Å². The van der Waals surface area contributed by atoms with Crippen LogP contribution in [0.1, 0.15) is 21.5 Å². The van der Waals surface area contributed by atoms with E-state index < -0.39 is 11.9 Å². The molecule has 31 heavy (non-hydrogen) atoms. The summed E-state index contributed by atoms with van der Waals surface area (Å²) in [6, 6.07) is 20.4. The van der Waals surface area contributed by atoms with E-state index >= 15 is 0 Å². The maximum atomic E-state index is 12.3. The lowest BCUT2D eigenvalue weighted by Crippen LogP contribution is -2.11. The van der Waals surface area contributed by atoms with Gasteiger partial charge in [-0.1, -0.05) is 36.4 Å². The molecule has 2 heterocycles. The van der Waals surface area contributed by atoms with Crippen molar-refractivity contribution in [3.05, 3.63) is 101 Å². The highest BCUT2D eigenvalue weighted by Crippen LogP contribution is 2.28. The van der Waals surface area contributed by atoms with E-state index in [-0.39, 0.29) is 6.61 Å². The number of carbonyl (C=O) groups is 2. The number of ether oxygens (including phenoxy) is 1. The second kappa shape index (κ2) is 9.23. The van der Waals surface area contributed by atoms with Gasteiger partial charge in [0.15, 0.2) is 0 Å². The Hall–Kier alpha value is -3.97. The molecule has 0 saturated heterocycles. The molecule has 1 amide bonds. The highest BCUT2D eigenvalue weighted by molar-refractivity contribution is 7.13. The number of nitrogens with zero attached hydrogens (tertiary/aromatic N) is 2. The highest BCUT2D eigenvalue weighted by Gasteiger charge is 2.12. The second-order valence-corrected chi connectivity index (χ2v) is 7.64. The van der Waals surface area contributed by atoms with Crippen molar-refractivity contribution in [2.75, 3.05) is 0 Å². The summed E-state index contributed by atoms with van der Waals surface area (Å²) >= 11 is 1.58. The number of carbonyl (C=O) groups excluding carboxylic acids is 2. The number of benzene rings is 2. The second-order valence-electron chi connectivity index (χ2n) is 6.70. The van der Waals surface area contributed by atoms with E-state index in [1.807, 2.05) is 54.0 Å². The van der Waals surface area contributed by atoms with E-state index in [4.69, 9.17) is 15.6 Å². The van der Waals surface area contributed by atoms with Crippen molar-refractivity contribution in [3.8, 4) is 16.3 Å². The van der Waals surface area contributed by atoms with Gasteiger partial charge in [0.1, 0.15) is 12.3 Å². The molecule has 2 aromatic heterocycles. The lowest BCUT2D eigenvalue weighted by Gasteiger charge is -2.03. The molecule has 0 bridgehead atoms. The van der Waals surface area contributed by atoms with Gasteiger partial charge in [-0.05, 0) is 47.4 Å². The minimum Gasteiger partial charge on any atom is -0.458 e. The van der Waals surface area contributed by atoms with Crippen molar-refractivity contribution in [2.45, 2.75) is 6.61 Å². The molecule has 0 aliphatic rings. The van der Waals surface area contributed by atoms with Gasteiger partial charge in [0, 0.05) is 23.4 Å². The normalized spacial score (nSPS) is 11.0. The minimum absolute atomic E-state index is 0.0470. The Morgan fingerprint density at radius 2 is 1.90 bits per heavy atom. The van der Waals surface area contributed by atoms with Crippen LogP contribution in [0.5, 0.6) is 0 Å². The number of nitrogens with two attached hydrogens (primary N) is 1. The summed E-state index contributed by atoms with van der Waals surface area (Å²) < 4.78 is 7.09. The third-order valence-corrected chi connectivity index (χ3v) is 5.39. The van der Waals surface area contributed by atoms with Crippen molar-refractivity contribution in [3.63, 3.8) is 0 Å². The van der Waals surface area contributed by atoms with Gasteiger partial charge in [-0.2, -0.15) is 5.10 Å². The van der Waals surface area contributed by atoms with Gasteiger partial charge in [0.25, 0.3) is 0 Å². The Labute approximate surface area is 183 Å². The van der Waals surface area contributed by atoms with E-state index in [2.05, 4.69) is 0 Å². The van der Waals surface area contributed by atoms with Crippen LogP contribution in [0.15, 0.2) is 84.4 Å². The van der Waals surface area contributed by atoms with Gasteiger partial charge in [-0.25, -0.2) is 9.48 Å². The molecule has 7 heteroatoms. The molecule has 154 valence electrons. The zero-order valence-corrected chi connectivity index (χ0v) is 17.3. The maximum absolute atomic E-state index is 12.3. The first kappa shape index (κ1) is 20.3. The van der Waals surface area contributed by atoms with Crippen LogP contribution in [0.3, 0.4) is 0 Å². The topological polar surface area (TPSA) is 87.2 Å². The molecular formula is C24H19N3O3S. The number of amides is 1. The molecule has 6 nitrogen and oxygen atoms in total. The first-order valence-electron chi connectivity index (χ1n) is 9.53. The number of hydrogen-bond acceptors (Lipinski definition) is 5. The predicted octanol–water partition coefficient (Wildman–Crippen LogP) is 4.46. The summed E-state index contributed by atoms with van der Waals surface area (Å²) in [4.78, 5) is 24.5. The molecule has 0 radical (unpaired) electrons. The van der Waals surface area contributed by atoms with Gasteiger partial charge in [-0.15, -0.1) is 11.3 Å². The smallest absolute Gasteiger partial charge is 0.331 e. The molecule has 4 rings (SSSR count). The lowest BCUT2D eigenvalue weighted by atomic mass is 10.1. The number of rotatable bonds is 7. The monoisotopic (exact) mass is 429 g/mol. The number of thiophene rings is 1. The number of para-hydroxylation sites is 1. The summed E-state index contributed by atoms with van der Waals surface area (Å²) in [6.07, 6.45) is 4.95. The molecule has 2 N–H and O–H groups in total. The average Bonchev–Trinajstić information content (AvgIpc) is 3.47. The van der Waals surface area contributed by atoms with Gasteiger partial charge in [-0.3, -0.25) is 4.79 Å². The van der Waals surface area contributed by atoms with Crippen molar-refractivity contribution < 1.29 is 14.3 Å². The molecule has 0 saturated carbocycles. The fourth-order valence-corrected chi connectivity index (χ4v) is 3.73. The Balaban J connectivity index is 1.51. The quantitative estimate of drug-likeness (QED) is 0.347. The Morgan fingerprint density at radius 1 is 1.06 bits per heavy atom. The van der Waals surface area contributed by atoms with Crippen molar-refractivity contribution in [2.24, 2.45) is 5.73 Å². The van der Waals surface area contributed by atoms with Crippen LogP contribution in [-0.4, -0.2) is 21.7 Å². The van der Waals surface area contributed by atoms with E-state index in [1.165, 1.54) is 6.08 Å². The molecule has 0 aliphatic heterocycles. The zero-order chi connectivity index (χ0) is 21.6. The summed E-state index contributed by atoms with van der Waals surface area (Å²) in [5.74, 6) is -1.02. The Kier molecular flexibility index (Phi) is 6.05. The SMILES string of the molecule is NC(=O)c1cccc(COC(=O)/C=C/c2cn(-c3ccccc3)nc2-c2cccs2)c1. The number of primary amides is 1. The van der Waals surface area contributed by atoms with Gasteiger partial charge in [0.2, 0.25) is 5.91 Å². The standard InChI is InChI=1S/C24H19N3O3S/c25-24(29)18-7-4-6-17(14-18)16-30-22(28)12-11-19-15-27(20-8-2-1-3-9-20)26-23(19)21-10-5-13-31-21/h1-15H,16H2,(H2,25,29)/b12-11+. The van der Waals surface area contributed by atoms with Crippen molar-refractivity contribution >= 4 is 29.3 Å². The lowest BCUT2D eigenvalue weighted by molar-refractivity contribution is -0.138. The summed E-state index contributed by atoms with van der Waals surface area (Å²) in [5, 5.41) is 6.69. The summed E-state index contributed by atoms with van der Waals surface area (Å²) in [6.45, 7) is 0.0470. The van der Waals surface area contributed by atoms with Crippen molar-refractivity contribution in [1.82, 2.24) is 9.78 Å². The van der Waals surface area contributed by atoms with Crippen LogP contribution in [-0.2, 0) is 16.1 Å². The van der Waals surface area contributed by atoms with E-state index in [1.54, 1.807) is 46.4 Å². The first-order valence-corrected chi connectivity index (χ1v) is 10.4. The largest absolute Gasteiger partial charge is 0.458 e. The maximum Gasteiger partial charge on any atom is 0.331 e. The van der Waals surface area contributed by atoms with Crippen LogP contribution < -0.4 is 5.73 Å². The van der Waals surface area contributed by atoms with E-state index in [0.29, 0.717) is 11.1 Å². The molecule has 0 fully saturated rings. The fourth-order valence-electron chi connectivity index (χ4n) is 3.00. The van der Waals surface area contributed by atoms with Gasteiger partial charge in [0.05, 0.1) is 10.6 Å². The molecule has 4 aromatic rings. The zero-order valence-electron chi connectivity index (χ0n) is 16.5. The van der Waals surface area contributed by atoms with E-state index in [9.17, 15) is 9.59 Å². The summed E-state index contributed by atoms with van der Waals surface area (Å²) in [5.41, 5.74) is 8.87. The van der Waals surface area contributed by atoms with Gasteiger partial charge >= 0.3 is 5.97 Å². The Bertz CT molecular complexity index is 1230. The number of esters is 1. The number of hydrogen-bond donors (Lipinski definition) is 1. The average molecular weight is 430 g/mol. The predicted molar refractivity (Wildman–Crippen MR) is 121 cm³/mol. The first-order chi connectivity index (χ1) is 15.1. The van der Waals surface area contributed by atoms with Crippen LogP contribution in [0.2, 0.25) is 0 Å². The van der Waals surface area contributed by atoms with Gasteiger partial charge < -0.3 is 10.5 Å². The summed E-state index contributed by atoms with van der Waals surface area (Å²) in [7, 11) is 0. The minimum atomic E-state index is -0.524. The highest BCUT2D eigenvalue weighted by atomic mass is 32.1. The van der Waals surface area contributed by atoms with Crippen molar-refractivity contribution in [1.29, 1.82) is 0 Å². The third-order valence-electron chi connectivity index (χ3n) is 4.51. The van der Waals surface area contributed by atoms with Crippen LogP contribution >= 0.6 is 11.3 Å². The number of aromatic nitrogens is 2. The molecule has 0 spiro atoms. The third kappa shape index (κ3) is 4.96. The van der Waals surface area contributed by atoms with Crippen LogP contribution in [0.4, 0.5) is 0 Å².